The molecule has 1 N–H and O–H groups in total. The maximum absolute atomic E-state index is 13.1. The lowest BCUT2D eigenvalue weighted by Crippen LogP contribution is -2.35. The fourth-order valence-electron chi connectivity index (χ4n) is 3.08. The number of rotatable bonds is 5. The average Bonchev–Trinajstić information content (AvgIpc) is 2.86. The van der Waals surface area contributed by atoms with Crippen LogP contribution in [-0.4, -0.2) is 23.3 Å². The first-order valence-electron chi connectivity index (χ1n) is 9.07. The lowest BCUT2D eigenvalue weighted by atomic mass is 10.2. The Morgan fingerprint density at radius 2 is 1.79 bits per heavy atom. The highest BCUT2D eigenvalue weighted by atomic mass is 32.2. The van der Waals surface area contributed by atoms with E-state index < -0.39 is 0 Å². The number of hydrogen-bond donors (Lipinski definition) is 1. The lowest BCUT2D eigenvalue weighted by molar-refractivity contribution is -0.121. The van der Waals surface area contributed by atoms with E-state index in [2.05, 4.69) is 10.3 Å². The molecule has 2 amide bonds. The van der Waals surface area contributed by atoms with Crippen molar-refractivity contribution in [3.63, 3.8) is 0 Å². The molecule has 1 aliphatic rings. The zero-order chi connectivity index (χ0) is 19.3. The molecule has 4 rings (SSSR count). The fraction of sp³-hybridized carbons (Fsp3) is 0.136. The summed E-state index contributed by atoms with van der Waals surface area (Å²) in [7, 11) is 0. The molecular weight excluding hydrogens is 370 g/mol. The molecule has 0 spiro atoms. The van der Waals surface area contributed by atoms with Gasteiger partial charge < -0.3 is 10.2 Å². The Morgan fingerprint density at radius 1 is 1.00 bits per heavy atom. The fourth-order valence-corrected chi connectivity index (χ4v) is 4.10. The quantitative estimate of drug-likeness (QED) is 0.719. The van der Waals surface area contributed by atoms with Gasteiger partial charge in [0.25, 0.3) is 5.91 Å². The third kappa shape index (κ3) is 3.92. The minimum absolute atomic E-state index is 0.0857. The summed E-state index contributed by atoms with van der Waals surface area (Å²) >= 11 is 1.48. The van der Waals surface area contributed by atoms with Gasteiger partial charge in [0.2, 0.25) is 5.91 Å². The predicted octanol–water partition coefficient (Wildman–Crippen LogP) is 3.90. The Bertz CT molecular complexity index is 1010. The van der Waals surface area contributed by atoms with Crippen LogP contribution in [0.25, 0.3) is 0 Å². The van der Waals surface area contributed by atoms with Gasteiger partial charge in [0.05, 0.1) is 11.3 Å². The van der Waals surface area contributed by atoms with Crippen LogP contribution in [0.5, 0.6) is 0 Å². The van der Waals surface area contributed by atoms with Crippen LogP contribution in [0.1, 0.15) is 22.3 Å². The number of hydrogen-bond acceptors (Lipinski definition) is 4. The molecule has 0 aliphatic carbocycles. The number of amides is 2. The summed E-state index contributed by atoms with van der Waals surface area (Å²) in [5.74, 6) is -0.214. The molecule has 3 aromatic rings. The van der Waals surface area contributed by atoms with Crippen molar-refractivity contribution >= 4 is 29.3 Å². The molecule has 2 aromatic carbocycles. The maximum atomic E-state index is 13.1. The van der Waals surface area contributed by atoms with E-state index in [0.29, 0.717) is 23.7 Å². The molecule has 0 atom stereocenters. The molecule has 0 fully saturated rings. The standard InChI is InChI=1S/C22H19N3O2S/c26-20(24-15-16-7-2-1-3-8-16)12-14-25-18-10-4-5-11-19(18)28-21-17(22(25)27)9-6-13-23-21/h1-11,13H,12,14-15H2,(H,24,26). The van der Waals surface area contributed by atoms with E-state index in [-0.39, 0.29) is 18.2 Å². The van der Waals surface area contributed by atoms with Gasteiger partial charge in [-0.1, -0.05) is 54.2 Å². The van der Waals surface area contributed by atoms with E-state index >= 15 is 0 Å². The molecule has 2 heterocycles. The number of para-hydroxylation sites is 1. The average molecular weight is 389 g/mol. The highest BCUT2D eigenvalue weighted by Gasteiger charge is 2.27. The first-order chi connectivity index (χ1) is 13.7. The summed E-state index contributed by atoms with van der Waals surface area (Å²) in [5.41, 5.74) is 2.42. The second-order valence-corrected chi connectivity index (χ2v) is 7.43. The summed E-state index contributed by atoms with van der Waals surface area (Å²) in [4.78, 5) is 32.5. The first-order valence-corrected chi connectivity index (χ1v) is 9.88. The third-order valence-electron chi connectivity index (χ3n) is 4.50. The normalized spacial score (nSPS) is 12.7. The van der Waals surface area contributed by atoms with Crippen LogP contribution in [-0.2, 0) is 11.3 Å². The minimum Gasteiger partial charge on any atom is -0.352 e. The van der Waals surface area contributed by atoms with E-state index in [4.69, 9.17) is 0 Å². The molecule has 1 aromatic heterocycles. The van der Waals surface area contributed by atoms with Crippen LogP contribution < -0.4 is 10.2 Å². The van der Waals surface area contributed by atoms with Crippen molar-refractivity contribution < 1.29 is 9.59 Å². The molecule has 6 heteroatoms. The van der Waals surface area contributed by atoms with Crippen molar-refractivity contribution in [3.8, 4) is 0 Å². The van der Waals surface area contributed by atoms with Gasteiger partial charge in [-0.2, -0.15) is 0 Å². The molecule has 28 heavy (non-hydrogen) atoms. The zero-order valence-electron chi connectivity index (χ0n) is 15.2. The number of pyridine rings is 1. The number of fused-ring (bicyclic) bond motifs is 2. The predicted molar refractivity (Wildman–Crippen MR) is 109 cm³/mol. The summed E-state index contributed by atoms with van der Waals surface area (Å²) < 4.78 is 0. The number of nitrogens with one attached hydrogen (secondary N) is 1. The van der Waals surface area contributed by atoms with Gasteiger partial charge in [0.15, 0.2) is 0 Å². The SMILES string of the molecule is O=C(CCN1C(=O)c2cccnc2Sc2ccccc21)NCc1ccccc1. The maximum Gasteiger partial charge on any atom is 0.261 e. The Balaban J connectivity index is 1.50. The van der Waals surface area contributed by atoms with Gasteiger partial charge >= 0.3 is 0 Å². The largest absolute Gasteiger partial charge is 0.352 e. The van der Waals surface area contributed by atoms with Crippen molar-refractivity contribution in [1.29, 1.82) is 0 Å². The Labute approximate surface area is 167 Å². The summed E-state index contributed by atoms with van der Waals surface area (Å²) in [6, 6.07) is 21.0. The molecule has 0 saturated carbocycles. The van der Waals surface area contributed by atoms with Crippen LogP contribution in [0.3, 0.4) is 0 Å². The van der Waals surface area contributed by atoms with Crippen molar-refractivity contribution in [2.45, 2.75) is 22.9 Å². The van der Waals surface area contributed by atoms with Crippen molar-refractivity contribution in [2.75, 3.05) is 11.4 Å². The van der Waals surface area contributed by atoms with Crippen molar-refractivity contribution in [3.05, 3.63) is 84.1 Å². The highest BCUT2D eigenvalue weighted by Crippen LogP contribution is 2.39. The Morgan fingerprint density at radius 3 is 2.64 bits per heavy atom. The van der Waals surface area contributed by atoms with E-state index in [9.17, 15) is 9.59 Å². The third-order valence-corrected chi connectivity index (χ3v) is 5.59. The second-order valence-electron chi connectivity index (χ2n) is 6.40. The van der Waals surface area contributed by atoms with E-state index in [0.717, 1.165) is 16.1 Å². The molecule has 140 valence electrons. The topological polar surface area (TPSA) is 62.3 Å². The van der Waals surface area contributed by atoms with Gasteiger partial charge in [-0.25, -0.2) is 4.98 Å². The molecule has 0 unspecified atom stereocenters. The van der Waals surface area contributed by atoms with Crippen LogP contribution in [0, 0.1) is 0 Å². The molecule has 0 radical (unpaired) electrons. The molecule has 0 saturated heterocycles. The highest BCUT2D eigenvalue weighted by molar-refractivity contribution is 7.99. The second kappa shape index (κ2) is 8.27. The van der Waals surface area contributed by atoms with Crippen LogP contribution in [0.4, 0.5) is 5.69 Å². The monoisotopic (exact) mass is 389 g/mol. The number of anilines is 1. The molecular formula is C22H19N3O2S. The van der Waals surface area contributed by atoms with Crippen molar-refractivity contribution in [2.24, 2.45) is 0 Å². The summed E-state index contributed by atoms with van der Waals surface area (Å²) in [6.07, 6.45) is 1.92. The first kappa shape index (κ1) is 18.3. The molecule has 0 bridgehead atoms. The summed E-state index contributed by atoms with van der Waals surface area (Å²) in [6.45, 7) is 0.790. The van der Waals surface area contributed by atoms with Gasteiger partial charge in [0, 0.05) is 30.6 Å². The van der Waals surface area contributed by atoms with Gasteiger partial charge in [-0.3, -0.25) is 9.59 Å². The number of aromatic nitrogens is 1. The zero-order valence-corrected chi connectivity index (χ0v) is 16.0. The van der Waals surface area contributed by atoms with E-state index in [1.54, 1.807) is 23.2 Å². The number of carbonyl (C=O) groups excluding carboxylic acids is 2. The van der Waals surface area contributed by atoms with Crippen LogP contribution >= 0.6 is 11.8 Å². The Hall–Kier alpha value is -3.12. The summed E-state index contributed by atoms with van der Waals surface area (Å²) in [5, 5.41) is 3.61. The van der Waals surface area contributed by atoms with Crippen LogP contribution in [0.2, 0.25) is 0 Å². The van der Waals surface area contributed by atoms with Gasteiger partial charge in [-0.05, 0) is 29.8 Å². The Kier molecular flexibility index (Phi) is 5.39. The number of nitrogens with zero attached hydrogens (tertiary/aromatic N) is 2. The van der Waals surface area contributed by atoms with E-state index in [1.807, 2.05) is 54.6 Å². The van der Waals surface area contributed by atoms with Crippen molar-refractivity contribution in [1.82, 2.24) is 10.3 Å². The number of benzene rings is 2. The van der Waals surface area contributed by atoms with E-state index in [1.165, 1.54) is 11.8 Å². The van der Waals surface area contributed by atoms with Gasteiger partial charge in [0.1, 0.15) is 5.03 Å². The molecule has 1 aliphatic heterocycles. The lowest BCUT2D eigenvalue weighted by Gasteiger charge is -2.22. The number of carbonyl (C=O) groups is 2. The smallest absolute Gasteiger partial charge is 0.261 e. The minimum atomic E-state index is -0.128. The molecule has 5 nitrogen and oxygen atoms in total. The van der Waals surface area contributed by atoms with Crippen LogP contribution in [0.15, 0.2) is 82.8 Å². The van der Waals surface area contributed by atoms with Gasteiger partial charge in [-0.15, -0.1) is 0 Å².